The number of aromatic nitrogens is 2. The lowest BCUT2D eigenvalue weighted by molar-refractivity contribution is 0.0734. The van der Waals surface area contributed by atoms with E-state index >= 15 is 0 Å². The summed E-state index contributed by atoms with van der Waals surface area (Å²) in [5.74, 6) is 0.0826. The van der Waals surface area contributed by atoms with Crippen LogP contribution in [0.4, 0.5) is 0 Å². The molecule has 4 heteroatoms. The van der Waals surface area contributed by atoms with Crippen LogP contribution < -0.4 is 0 Å². The van der Waals surface area contributed by atoms with Crippen molar-refractivity contribution in [2.45, 2.75) is 13.0 Å². The Bertz CT molecular complexity index is 533. The molecular weight excluding hydrogens is 214 g/mol. The van der Waals surface area contributed by atoms with Crippen LogP contribution in [-0.2, 0) is 13.0 Å². The number of carbonyl (C=O) groups excluding carboxylic acids is 1. The van der Waals surface area contributed by atoms with Gasteiger partial charge in [0.25, 0.3) is 5.91 Å². The molecule has 0 saturated heterocycles. The van der Waals surface area contributed by atoms with E-state index < -0.39 is 0 Å². The Balaban J connectivity index is 1.81. The number of H-pyrrole nitrogens is 1. The maximum Gasteiger partial charge on any atom is 0.254 e. The fraction of sp³-hybridized carbons (Fsp3) is 0.231. The first-order valence-electron chi connectivity index (χ1n) is 5.69. The van der Waals surface area contributed by atoms with Crippen molar-refractivity contribution in [3.63, 3.8) is 0 Å². The molecule has 0 aliphatic carbocycles. The average Bonchev–Trinajstić information content (AvgIpc) is 2.86. The molecule has 1 N–H and O–H groups in total. The number of carbonyl (C=O) groups is 1. The molecule has 2 aromatic heterocycles. The Labute approximate surface area is 99.3 Å². The van der Waals surface area contributed by atoms with Crippen molar-refractivity contribution in [3.05, 3.63) is 53.6 Å². The predicted molar refractivity (Wildman–Crippen MR) is 63.5 cm³/mol. The minimum absolute atomic E-state index is 0.0826. The quantitative estimate of drug-likeness (QED) is 0.804. The Kier molecular flexibility index (Phi) is 2.40. The topological polar surface area (TPSA) is 49.0 Å². The highest BCUT2D eigenvalue weighted by molar-refractivity contribution is 5.94. The minimum Gasteiger partial charge on any atom is -0.365 e. The van der Waals surface area contributed by atoms with E-state index in [0.717, 1.165) is 13.0 Å². The number of nitrogens with one attached hydrogen (secondary N) is 1. The SMILES string of the molecule is O=C(c1ccncc1)N1CCc2[nH]ccc2C1. The Morgan fingerprint density at radius 3 is 2.94 bits per heavy atom. The van der Waals surface area contributed by atoms with E-state index in [-0.39, 0.29) is 5.91 Å². The average molecular weight is 227 g/mol. The number of aromatic amines is 1. The lowest BCUT2D eigenvalue weighted by Crippen LogP contribution is -2.35. The van der Waals surface area contributed by atoms with Crippen LogP contribution in [0.3, 0.4) is 0 Å². The van der Waals surface area contributed by atoms with Crippen molar-refractivity contribution in [2.75, 3.05) is 6.54 Å². The molecule has 86 valence electrons. The first-order valence-corrected chi connectivity index (χ1v) is 5.69. The summed E-state index contributed by atoms with van der Waals surface area (Å²) >= 11 is 0. The van der Waals surface area contributed by atoms with E-state index in [9.17, 15) is 4.79 Å². The zero-order valence-electron chi connectivity index (χ0n) is 9.39. The highest BCUT2D eigenvalue weighted by Gasteiger charge is 2.21. The molecule has 0 spiro atoms. The number of hydrogen-bond acceptors (Lipinski definition) is 2. The van der Waals surface area contributed by atoms with E-state index in [1.165, 1.54) is 11.3 Å². The fourth-order valence-corrected chi connectivity index (χ4v) is 2.20. The number of hydrogen-bond donors (Lipinski definition) is 1. The van der Waals surface area contributed by atoms with Gasteiger partial charge in [0.05, 0.1) is 0 Å². The second-order valence-corrected chi connectivity index (χ2v) is 4.19. The molecule has 3 rings (SSSR count). The van der Waals surface area contributed by atoms with Crippen molar-refractivity contribution in [3.8, 4) is 0 Å². The third-order valence-electron chi connectivity index (χ3n) is 3.14. The molecule has 0 fully saturated rings. The van der Waals surface area contributed by atoms with Gasteiger partial charge >= 0.3 is 0 Å². The van der Waals surface area contributed by atoms with E-state index in [0.29, 0.717) is 12.1 Å². The molecule has 0 radical (unpaired) electrons. The molecular formula is C13H13N3O. The predicted octanol–water partition coefficient (Wildman–Crippen LogP) is 1.61. The van der Waals surface area contributed by atoms with Gasteiger partial charge in [-0.1, -0.05) is 0 Å². The van der Waals surface area contributed by atoms with Crippen molar-refractivity contribution in [1.82, 2.24) is 14.9 Å². The van der Waals surface area contributed by atoms with Gasteiger partial charge in [0.15, 0.2) is 0 Å². The lowest BCUT2D eigenvalue weighted by Gasteiger charge is -2.27. The van der Waals surface area contributed by atoms with E-state index in [2.05, 4.69) is 9.97 Å². The molecule has 2 aromatic rings. The molecule has 0 unspecified atom stereocenters. The van der Waals surface area contributed by atoms with Crippen LogP contribution in [0.25, 0.3) is 0 Å². The van der Waals surface area contributed by atoms with Gasteiger partial charge in [0.2, 0.25) is 0 Å². The van der Waals surface area contributed by atoms with Gasteiger partial charge in [-0.05, 0) is 23.8 Å². The van der Waals surface area contributed by atoms with Gasteiger partial charge in [-0.25, -0.2) is 0 Å². The molecule has 1 amide bonds. The summed E-state index contributed by atoms with van der Waals surface area (Å²) in [4.78, 5) is 21.2. The molecule has 0 atom stereocenters. The first-order chi connectivity index (χ1) is 8.34. The lowest BCUT2D eigenvalue weighted by atomic mass is 10.1. The van der Waals surface area contributed by atoms with E-state index in [1.54, 1.807) is 24.5 Å². The summed E-state index contributed by atoms with van der Waals surface area (Å²) in [6, 6.07) is 5.56. The van der Waals surface area contributed by atoms with E-state index in [4.69, 9.17) is 0 Å². The van der Waals surface area contributed by atoms with Gasteiger partial charge in [-0.2, -0.15) is 0 Å². The zero-order valence-corrected chi connectivity index (χ0v) is 9.39. The molecule has 0 bridgehead atoms. The normalized spacial score (nSPS) is 14.5. The molecule has 0 saturated carbocycles. The van der Waals surface area contributed by atoms with Crippen molar-refractivity contribution in [2.24, 2.45) is 0 Å². The van der Waals surface area contributed by atoms with Gasteiger partial charge in [0, 0.05) is 49.4 Å². The van der Waals surface area contributed by atoms with E-state index in [1.807, 2.05) is 17.2 Å². The van der Waals surface area contributed by atoms with Crippen LogP contribution in [0.15, 0.2) is 36.8 Å². The minimum atomic E-state index is 0.0826. The fourth-order valence-electron chi connectivity index (χ4n) is 2.20. The highest BCUT2D eigenvalue weighted by Crippen LogP contribution is 2.18. The number of pyridine rings is 1. The summed E-state index contributed by atoms with van der Waals surface area (Å²) < 4.78 is 0. The Morgan fingerprint density at radius 2 is 2.12 bits per heavy atom. The summed E-state index contributed by atoms with van der Waals surface area (Å²) in [6.07, 6.45) is 6.14. The third kappa shape index (κ3) is 1.82. The van der Waals surface area contributed by atoms with Crippen molar-refractivity contribution in [1.29, 1.82) is 0 Å². The largest absolute Gasteiger partial charge is 0.365 e. The summed E-state index contributed by atoms with van der Waals surface area (Å²) in [6.45, 7) is 1.47. The second-order valence-electron chi connectivity index (χ2n) is 4.19. The molecule has 4 nitrogen and oxygen atoms in total. The van der Waals surface area contributed by atoms with Crippen molar-refractivity contribution < 1.29 is 4.79 Å². The smallest absolute Gasteiger partial charge is 0.254 e. The number of amides is 1. The zero-order chi connectivity index (χ0) is 11.7. The van der Waals surface area contributed by atoms with Gasteiger partial charge < -0.3 is 9.88 Å². The van der Waals surface area contributed by atoms with Crippen LogP contribution in [0.5, 0.6) is 0 Å². The summed E-state index contributed by atoms with van der Waals surface area (Å²) in [7, 11) is 0. The third-order valence-corrected chi connectivity index (χ3v) is 3.14. The van der Waals surface area contributed by atoms with Crippen molar-refractivity contribution >= 4 is 5.91 Å². The summed E-state index contributed by atoms with van der Waals surface area (Å²) in [5.41, 5.74) is 3.18. The molecule has 0 aromatic carbocycles. The van der Waals surface area contributed by atoms with Gasteiger partial charge in [0.1, 0.15) is 0 Å². The van der Waals surface area contributed by atoms with Crippen LogP contribution in [-0.4, -0.2) is 27.3 Å². The van der Waals surface area contributed by atoms with Crippen LogP contribution >= 0.6 is 0 Å². The molecule has 17 heavy (non-hydrogen) atoms. The van der Waals surface area contributed by atoms with Gasteiger partial charge in [-0.3, -0.25) is 9.78 Å². The number of nitrogens with zero attached hydrogens (tertiary/aromatic N) is 2. The monoisotopic (exact) mass is 227 g/mol. The Hall–Kier alpha value is -2.10. The maximum atomic E-state index is 12.2. The first kappa shape index (κ1) is 10.1. The second kappa shape index (κ2) is 4.05. The molecule has 1 aliphatic rings. The van der Waals surface area contributed by atoms with Crippen LogP contribution in [0, 0.1) is 0 Å². The number of fused-ring (bicyclic) bond motifs is 1. The standard InChI is InChI=1S/C13H13N3O/c17-13(10-1-5-14-6-2-10)16-8-4-12-11(9-16)3-7-15-12/h1-3,5-7,15H,4,8-9H2. The van der Waals surface area contributed by atoms with Gasteiger partial charge in [-0.15, -0.1) is 0 Å². The van der Waals surface area contributed by atoms with Crippen LogP contribution in [0.1, 0.15) is 21.6 Å². The van der Waals surface area contributed by atoms with Crippen LogP contribution in [0.2, 0.25) is 0 Å². The Morgan fingerprint density at radius 1 is 1.29 bits per heavy atom. The molecule has 3 heterocycles. The highest BCUT2D eigenvalue weighted by atomic mass is 16.2. The number of rotatable bonds is 1. The maximum absolute atomic E-state index is 12.2. The molecule has 1 aliphatic heterocycles. The summed E-state index contributed by atoms with van der Waals surface area (Å²) in [5, 5.41) is 0.